The van der Waals surface area contributed by atoms with Crippen LogP contribution in [0.15, 0.2) is 24.3 Å². The molecule has 0 saturated heterocycles. The van der Waals surface area contributed by atoms with E-state index in [2.05, 4.69) is 10.6 Å². The molecule has 0 aliphatic heterocycles. The third kappa shape index (κ3) is 9.94. The summed E-state index contributed by atoms with van der Waals surface area (Å²) >= 11 is 0. The van der Waals surface area contributed by atoms with Crippen LogP contribution in [-0.2, 0) is 25.7 Å². The van der Waals surface area contributed by atoms with Crippen LogP contribution < -0.4 is 10.6 Å². The molecule has 0 aliphatic carbocycles. The third-order valence-electron chi connectivity index (χ3n) is 3.49. The smallest absolute Gasteiger partial charge is 0.408 e. The molecule has 0 saturated carbocycles. The molecule has 1 rings (SSSR count). The summed E-state index contributed by atoms with van der Waals surface area (Å²) in [7, 11) is 0. The zero-order valence-electron chi connectivity index (χ0n) is 17.5. The van der Waals surface area contributed by atoms with Crippen molar-refractivity contribution < 1.29 is 23.9 Å². The SMILES string of the molecule is CC(=O)N[CH]c1ccc(COC(=O)[C@H](CC(C)C)NC(=O)OC(C)(C)C)cc1. The molecule has 0 fully saturated rings. The average Bonchev–Trinajstić information content (AvgIpc) is 2.56. The van der Waals surface area contributed by atoms with E-state index < -0.39 is 23.7 Å². The lowest BCUT2D eigenvalue weighted by molar-refractivity contribution is -0.148. The van der Waals surface area contributed by atoms with Gasteiger partial charge in [-0.2, -0.15) is 0 Å². The number of carbonyl (C=O) groups is 3. The van der Waals surface area contributed by atoms with Crippen molar-refractivity contribution in [3.05, 3.63) is 41.9 Å². The normalized spacial score (nSPS) is 12.2. The molecule has 0 bridgehead atoms. The highest BCUT2D eigenvalue weighted by atomic mass is 16.6. The summed E-state index contributed by atoms with van der Waals surface area (Å²) in [5.74, 6) is -0.462. The van der Waals surface area contributed by atoms with Gasteiger partial charge in [-0.25, -0.2) is 9.59 Å². The first-order valence-electron chi connectivity index (χ1n) is 9.31. The van der Waals surface area contributed by atoms with Crippen LogP contribution in [0.1, 0.15) is 59.1 Å². The van der Waals surface area contributed by atoms with E-state index in [4.69, 9.17) is 9.47 Å². The number of carbonyl (C=O) groups excluding carboxylic acids is 3. The lowest BCUT2D eigenvalue weighted by atomic mass is 10.0. The van der Waals surface area contributed by atoms with Gasteiger partial charge in [-0.3, -0.25) is 4.79 Å². The van der Waals surface area contributed by atoms with Gasteiger partial charge in [-0.05, 0) is 44.2 Å². The number of ether oxygens (including phenoxy) is 2. The maximum atomic E-state index is 12.5. The second-order valence-corrected chi connectivity index (χ2v) is 8.02. The molecule has 0 spiro atoms. The molecular formula is C21H31N2O5. The molecule has 1 aromatic rings. The van der Waals surface area contributed by atoms with Crippen molar-refractivity contribution in [2.24, 2.45) is 5.92 Å². The van der Waals surface area contributed by atoms with Gasteiger partial charge in [-0.1, -0.05) is 38.1 Å². The summed E-state index contributed by atoms with van der Waals surface area (Å²) in [6.45, 7) is 12.3. The summed E-state index contributed by atoms with van der Waals surface area (Å²) in [6, 6.07) is 6.45. The average molecular weight is 391 g/mol. The third-order valence-corrected chi connectivity index (χ3v) is 3.49. The van der Waals surface area contributed by atoms with E-state index in [-0.39, 0.29) is 18.4 Å². The van der Waals surface area contributed by atoms with Gasteiger partial charge in [0.25, 0.3) is 0 Å². The minimum Gasteiger partial charge on any atom is -0.459 e. The Bertz CT molecular complexity index is 662. The van der Waals surface area contributed by atoms with Crippen molar-refractivity contribution in [1.29, 1.82) is 0 Å². The van der Waals surface area contributed by atoms with E-state index in [0.29, 0.717) is 6.42 Å². The molecule has 155 valence electrons. The quantitative estimate of drug-likeness (QED) is 0.663. The van der Waals surface area contributed by atoms with Crippen molar-refractivity contribution in [2.45, 2.75) is 66.2 Å². The predicted molar refractivity (Wildman–Crippen MR) is 106 cm³/mol. The molecule has 7 nitrogen and oxygen atoms in total. The standard InChI is InChI=1S/C21H31N2O5/c1-14(2)11-18(23-20(26)28-21(4,5)6)19(25)27-13-17-9-7-16(8-10-17)12-22-15(3)24/h7-10,12,14,18H,11,13H2,1-6H3,(H,22,24)(H,23,26)/t18-/m0/s1. The Kier molecular flexibility index (Phi) is 8.96. The number of nitrogens with one attached hydrogen (secondary N) is 2. The molecule has 1 atom stereocenters. The number of benzene rings is 1. The fourth-order valence-electron chi connectivity index (χ4n) is 2.29. The van der Waals surface area contributed by atoms with Crippen LogP contribution in [0.25, 0.3) is 0 Å². The van der Waals surface area contributed by atoms with Gasteiger partial charge in [0.2, 0.25) is 5.91 Å². The van der Waals surface area contributed by atoms with Gasteiger partial charge in [0.1, 0.15) is 18.2 Å². The molecule has 2 amide bonds. The summed E-state index contributed by atoms with van der Waals surface area (Å²) in [5, 5.41) is 5.19. The van der Waals surface area contributed by atoms with Crippen molar-refractivity contribution in [3.8, 4) is 0 Å². The second-order valence-electron chi connectivity index (χ2n) is 8.02. The van der Waals surface area contributed by atoms with Gasteiger partial charge in [0.05, 0.1) is 6.54 Å². The van der Waals surface area contributed by atoms with Gasteiger partial charge in [0.15, 0.2) is 0 Å². The second kappa shape index (κ2) is 10.7. The Balaban J connectivity index is 2.62. The van der Waals surface area contributed by atoms with E-state index in [1.807, 2.05) is 26.0 Å². The summed E-state index contributed by atoms with van der Waals surface area (Å²) < 4.78 is 10.6. The number of esters is 1. The number of amides is 2. The minimum atomic E-state index is -0.776. The Morgan fingerprint density at radius 2 is 1.71 bits per heavy atom. The van der Waals surface area contributed by atoms with Gasteiger partial charge in [0, 0.05) is 6.92 Å². The van der Waals surface area contributed by atoms with Crippen LogP contribution in [-0.4, -0.2) is 29.6 Å². The highest BCUT2D eigenvalue weighted by molar-refractivity contribution is 5.81. The largest absolute Gasteiger partial charge is 0.459 e. The fourth-order valence-corrected chi connectivity index (χ4v) is 2.29. The molecule has 1 radical (unpaired) electrons. The lowest BCUT2D eigenvalue weighted by Gasteiger charge is -2.23. The summed E-state index contributed by atoms with van der Waals surface area (Å²) in [4.78, 5) is 35.4. The first-order chi connectivity index (χ1) is 13.0. The monoisotopic (exact) mass is 391 g/mol. The van der Waals surface area contributed by atoms with Crippen LogP contribution in [0.4, 0.5) is 4.79 Å². The molecule has 0 heterocycles. The molecule has 0 unspecified atom stereocenters. The van der Waals surface area contributed by atoms with Crippen molar-refractivity contribution in [3.63, 3.8) is 0 Å². The number of hydrogen-bond acceptors (Lipinski definition) is 5. The van der Waals surface area contributed by atoms with E-state index >= 15 is 0 Å². The van der Waals surface area contributed by atoms with Crippen molar-refractivity contribution in [2.75, 3.05) is 0 Å². The van der Waals surface area contributed by atoms with Crippen LogP contribution in [0.2, 0.25) is 0 Å². The topological polar surface area (TPSA) is 93.7 Å². The number of rotatable bonds is 8. The Hall–Kier alpha value is -2.57. The molecular weight excluding hydrogens is 360 g/mol. The number of hydrogen-bond donors (Lipinski definition) is 2. The molecule has 28 heavy (non-hydrogen) atoms. The molecule has 2 N–H and O–H groups in total. The van der Waals surface area contributed by atoms with Crippen LogP contribution in [0.5, 0.6) is 0 Å². The van der Waals surface area contributed by atoms with E-state index in [9.17, 15) is 14.4 Å². The Morgan fingerprint density at radius 1 is 1.11 bits per heavy atom. The fraction of sp³-hybridized carbons (Fsp3) is 0.524. The molecule has 0 aromatic heterocycles. The lowest BCUT2D eigenvalue weighted by Crippen LogP contribution is -2.44. The summed E-state index contributed by atoms with van der Waals surface area (Å²) in [6.07, 6.45) is -0.198. The maximum absolute atomic E-state index is 12.5. The van der Waals surface area contributed by atoms with E-state index in [0.717, 1.165) is 11.1 Å². The zero-order chi connectivity index (χ0) is 21.3. The first kappa shape index (κ1) is 23.5. The highest BCUT2D eigenvalue weighted by Crippen LogP contribution is 2.12. The van der Waals surface area contributed by atoms with Gasteiger partial charge >= 0.3 is 12.1 Å². The predicted octanol–water partition coefficient (Wildman–Crippen LogP) is 3.32. The van der Waals surface area contributed by atoms with Crippen LogP contribution in [0, 0.1) is 12.5 Å². The maximum Gasteiger partial charge on any atom is 0.408 e. The number of alkyl carbamates (subject to hydrolysis) is 1. The highest BCUT2D eigenvalue weighted by Gasteiger charge is 2.26. The summed E-state index contributed by atoms with van der Waals surface area (Å²) in [5.41, 5.74) is 0.982. The van der Waals surface area contributed by atoms with E-state index in [1.165, 1.54) is 6.92 Å². The Labute approximate surface area is 167 Å². The molecule has 1 aromatic carbocycles. The van der Waals surface area contributed by atoms with Crippen molar-refractivity contribution >= 4 is 18.0 Å². The first-order valence-corrected chi connectivity index (χ1v) is 9.31. The Morgan fingerprint density at radius 3 is 2.21 bits per heavy atom. The van der Waals surface area contributed by atoms with E-state index in [1.54, 1.807) is 39.4 Å². The van der Waals surface area contributed by atoms with Gasteiger partial charge in [-0.15, -0.1) is 0 Å². The molecule has 0 aliphatic rings. The van der Waals surface area contributed by atoms with Gasteiger partial charge < -0.3 is 20.1 Å². The van der Waals surface area contributed by atoms with Crippen LogP contribution >= 0.6 is 0 Å². The minimum absolute atomic E-state index is 0.0871. The molecule has 7 heteroatoms. The zero-order valence-corrected chi connectivity index (χ0v) is 17.5. The van der Waals surface area contributed by atoms with Crippen molar-refractivity contribution in [1.82, 2.24) is 10.6 Å². The van der Waals surface area contributed by atoms with Crippen LogP contribution in [0.3, 0.4) is 0 Å².